The summed E-state index contributed by atoms with van der Waals surface area (Å²) in [5.74, 6) is -0.735. The summed E-state index contributed by atoms with van der Waals surface area (Å²) in [5, 5.41) is 13.9. The van der Waals surface area contributed by atoms with Crippen LogP contribution in [0, 0.1) is 0 Å². The first-order chi connectivity index (χ1) is 13.0. The van der Waals surface area contributed by atoms with Crippen molar-refractivity contribution >= 4 is 23.5 Å². The van der Waals surface area contributed by atoms with Gasteiger partial charge in [-0.15, -0.1) is 0 Å². The first kappa shape index (κ1) is 20.0. The minimum Gasteiger partial charge on any atom is -0.494 e. The summed E-state index contributed by atoms with van der Waals surface area (Å²) < 4.78 is 5.37. The first-order valence-electron chi connectivity index (χ1n) is 8.59. The third kappa shape index (κ3) is 6.81. The average molecular weight is 370 g/mol. The van der Waals surface area contributed by atoms with E-state index >= 15 is 0 Å². The normalized spacial score (nSPS) is 10.1. The molecule has 7 nitrogen and oxygen atoms in total. The van der Waals surface area contributed by atoms with E-state index in [1.807, 2.05) is 31.2 Å². The molecule has 7 heteroatoms. The maximum atomic E-state index is 12.1. The molecule has 3 N–H and O–H groups in total. The number of nitrogens with one attached hydrogen (secondary N) is 2. The summed E-state index contributed by atoms with van der Waals surface area (Å²) >= 11 is 0. The molecule has 2 amide bonds. The van der Waals surface area contributed by atoms with Crippen LogP contribution >= 0.6 is 0 Å². The Bertz CT molecular complexity index is 785. The zero-order chi connectivity index (χ0) is 19.6. The fourth-order valence-corrected chi connectivity index (χ4v) is 2.35. The quantitative estimate of drug-likeness (QED) is 0.629. The number of ether oxygens (including phenoxy) is 1. The number of carboxylic acids is 1. The predicted octanol–water partition coefficient (Wildman–Crippen LogP) is 2.47. The van der Waals surface area contributed by atoms with Gasteiger partial charge in [-0.3, -0.25) is 14.4 Å². The number of rotatable bonds is 9. The predicted molar refractivity (Wildman–Crippen MR) is 101 cm³/mol. The Morgan fingerprint density at radius 1 is 1.00 bits per heavy atom. The topological polar surface area (TPSA) is 105 Å². The van der Waals surface area contributed by atoms with Crippen LogP contribution in [-0.2, 0) is 16.0 Å². The van der Waals surface area contributed by atoms with Crippen molar-refractivity contribution in [1.29, 1.82) is 0 Å². The highest BCUT2D eigenvalue weighted by Gasteiger charge is 2.08. The van der Waals surface area contributed by atoms with Crippen molar-refractivity contribution in [2.75, 3.05) is 18.5 Å². The number of carbonyl (C=O) groups excluding carboxylic acids is 2. The summed E-state index contributed by atoms with van der Waals surface area (Å²) in [5.41, 5.74) is 1.84. The van der Waals surface area contributed by atoms with Gasteiger partial charge in [0.1, 0.15) is 5.75 Å². The third-order valence-electron chi connectivity index (χ3n) is 3.65. The highest BCUT2D eigenvalue weighted by Crippen LogP contribution is 2.14. The molecular formula is C20H22N2O5. The molecule has 0 radical (unpaired) electrons. The lowest BCUT2D eigenvalue weighted by atomic mass is 10.1. The number of aliphatic carboxylic acids is 1. The molecule has 0 heterocycles. The molecular weight excluding hydrogens is 348 g/mol. The molecule has 0 aliphatic carbocycles. The molecule has 27 heavy (non-hydrogen) atoms. The fraction of sp³-hybridized carbons (Fsp3) is 0.250. The molecule has 0 spiro atoms. The number of benzene rings is 2. The van der Waals surface area contributed by atoms with Crippen molar-refractivity contribution in [1.82, 2.24) is 5.32 Å². The smallest absolute Gasteiger partial charge is 0.305 e. The Balaban J connectivity index is 1.85. The second kappa shape index (κ2) is 9.96. The van der Waals surface area contributed by atoms with Crippen molar-refractivity contribution < 1.29 is 24.2 Å². The standard InChI is InChI=1S/C20H22N2O5/c1-2-27-17-9-3-14(4-10-17)13-18(23)22-16-7-5-15(6-8-16)20(26)21-12-11-19(24)25/h3-10H,2,11-13H2,1H3,(H,21,26)(H,22,23)(H,24,25). The van der Waals surface area contributed by atoms with Crippen molar-refractivity contribution in [3.63, 3.8) is 0 Å². The lowest BCUT2D eigenvalue weighted by Gasteiger charge is -2.08. The SMILES string of the molecule is CCOc1ccc(CC(=O)Nc2ccc(C(=O)NCCC(=O)O)cc2)cc1. The molecule has 0 atom stereocenters. The van der Waals surface area contributed by atoms with Gasteiger partial charge >= 0.3 is 5.97 Å². The number of hydrogen-bond donors (Lipinski definition) is 3. The Morgan fingerprint density at radius 3 is 2.26 bits per heavy atom. The minimum absolute atomic E-state index is 0.0642. The van der Waals surface area contributed by atoms with E-state index in [4.69, 9.17) is 9.84 Å². The molecule has 0 bridgehead atoms. The number of amides is 2. The van der Waals surface area contributed by atoms with Crippen LogP contribution in [0.3, 0.4) is 0 Å². The van der Waals surface area contributed by atoms with Gasteiger partial charge in [0.25, 0.3) is 5.91 Å². The summed E-state index contributed by atoms with van der Waals surface area (Å²) in [6.07, 6.45) is 0.0925. The maximum Gasteiger partial charge on any atom is 0.305 e. The van der Waals surface area contributed by atoms with Crippen LogP contribution < -0.4 is 15.4 Å². The second-order valence-corrected chi connectivity index (χ2v) is 5.78. The summed E-state index contributed by atoms with van der Waals surface area (Å²) in [7, 11) is 0. The van der Waals surface area contributed by atoms with Gasteiger partial charge in [0.05, 0.1) is 19.4 Å². The van der Waals surface area contributed by atoms with Crippen LogP contribution in [0.4, 0.5) is 5.69 Å². The van der Waals surface area contributed by atoms with E-state index in [-0.39, 0.29) is 31.2 Å². The van der Waals surface area contributed by atoms with Gasteiger partial charge < -0.3 is 20.5 Å². The van der Waals surface area contributed by atoms with E-state index in [9.17, 15) is 14.4 Å². The molecule has 0 aromatic heterocycles. The zero-order valence-electron chi connectivity index (χ0n) is 15.0. The number of carbonyl (C=O) groups is 3. The van der Waals surface area contributed by atoms with Crippen LogP contribution in [0.1, 0.15) is 29.3 Å². The van der Waals surface area contributed by atoms with Crippen LogP contribution in [-0.4, -0.2) is 36.0 Å². The lowest BCUT2D eigenvalue weighted by Crippen LogP contribution is -2.25. The van der Waals surface area contributed by atoms with Gasteiger partial charge in [-0.05, 0) is 48.9 Å². The van der Waals surface area contributed by atoms with Gasteiger partial charge in [-0.2, -0.15) is 0 Å². The molecule has 0 fully saturated rings. The summed E-state index contributed by atoms with van der Waals surface area (Å²) in [4.78, 5) is 34.5. The summed E-state index contributed by atoms with van der Waals surface area (Å²) in [6, 6.07) is 13.7. The molecule has 2 aromatic rings. The molecule has 2 rings (SSSR count). The molecule has 0 saturated carbocycles. The lowest BCUT2D eigenvalue weighted by molar-refractivity contribution is -0.136. The van der Waals surface area contributed by atoms with E-state index in [0.717, 1.165) is 11.3 Å². The summed E-state index contributed by atoms with van der Waals surface area (Å²) in [6.45, 7) is 2.56. The van der Waals surface area contributed by atoms with Crippen LogP contribution in [0.2, 0.25) is 0 Å². The van der Waals surface area contributed by atoms with E-state index in [2.05, 4.69) is 10.6 Å². The van der Waals surface area contributed by atoms with E-state index in [0.29, 0.717) is 17.9 Å². The van der Waals surface area contributed by atoms with E-state index < -0.39 is 5.97 Å². The van der Waals surface area contributed by atoms with Gasteiger partial charge in [-0.25, -0.2) is 0 Å². The van der Waals surface area contributed by atoms with Gasteiger partial charge in [-0.1, -0.05) is 12.1 Å². The Labute approximate surface area is 157 Å². The van der Waals surface area contributed by atoms with Crippen molar-refractivity contribution in [3.8, 4) is 5.75 Å². The highest BCUT2D eigenvalue weighted by atomic mass is 16.5. The van der Waals surface area contributed by atoms with Gasteiger partial charge in [0.15, 0.2) is 0 Å². The number of carboxylic acid groups (broad SMARTS) is 1. The monoisotopic (exact) mass is 370 g/mol. The van der Waals surface area contributed by atoms with Crippen LogP contribution in [0.25, 0.3) is 0 Å². The molecule has 142 valence electrons. The zero-order valence-corrected chi connectivity index (χ0v) is 15.0. The maximum absolute atomic E-state index is 12.1. The van der Waals surface area contributed by atoms with E-state index in [1.165, 1.54) is 0 Å². The molecule has 0 aliphatic rings. The van der Waals surface area contributed by atoms with Gasteiger partial charge in [0.2, 0.25) is 5.91 Å². The van der Waals surface area contributed by atoms with Crippen molar-refractivity contribution in [2.45, 2.75) is 19.8 Å². The minimum atomic E-state index is -0.971. The Kier molecular flexibility index (Phi) is 7.37. The molecule has 0 saturated heterocycles. The van der Waals surface area contributed by atoms with Crippen molar-refractivity contribution in [2.24, 2.45) is 0 Å². The average Bonchev–Trinajstić information content (AvgIpc) is 2.64. The largest absolute Gasteiger partial charge is 0.494 e. The first-order valence-corrected chi connectivity index (χ1v) is 8.59. The van der Waals surface area contributed by atoms with Crippen LogP contribution in [0.5, 0.6) is 5.75 Å². The number of hydrogen-bond acceptors (Lipinski definition) is 4. The Hall–Kier alpha value is -3.35. The Morgan fingerprint density at radius 2 is 1.67 bits per heavy atom. The number of anilines is 1. The van der Waals surface area contributed by atoms with E-state index in [1.54, 1.807) is 24.3 Å². The highest BCUT2D eigenvalue weighted by molar-refractivity contribution is 5.96. The van der Waals surface area contributed by atoms with Crippen LogP contribution in [0.15, 0.2) is 48.5 Å². The fourth-order valence-electron chi connectivity index (χ4n) is 2.35. The third-order valence-corrected chi connectivity index (χ3v) is 3.65. The molecule has 2 aromatic carbocycles. The second-order valence-electron chi connectivity index (χ2n) is 5.78. The molecule has 0 aliphatic heterocycles. The van der Waals surface area contributed by atoms with Crippen molar-refractivity contribution in [3.05, 3.63) is 59.7 Å². The molecule has 0 unspecified atom stereocenters. The van der Waals surface area contributed by atoms with Gasteiger partial charge in [0, 0.05) is 17.8 Å².